The first kappa shape index (κ1) is 28.8. The van der Waals surface area contributed by atoms with Gasteiger partial charge in [0, 0.05) is 13.1 Å². The number of aliphatic carboxylic acids is 4. The summed E-state index contributed by atoms with van der Waals surface area (Å²) in [5, 5.41) is 34.5. The van der Waals surface area contributed by atoms with Crippen molar-refractivity contribution in [1.29, 1.82) is 0 Å². The summed E-state index contributed by atoms with van der Waals surface area (Å²) in [7, 11) is 0. The van der Waals surface area contributed by atoms with Crippen molar-refractivity contribution >= 4 is 23.9 Å². The molecule has 0 atom stereocenters. The molecule has 0 saturated heterocycles. The van der Waals surface area contributed by atoms with Crippen LogP contribution in [0.1, 0.15) is 0 Å². The molecule has 138 valence electrons. The van der Waals surface area contributed by atoms with E-state index in [1.165, 1.54) is 0 Å². The van der Waals surface area contributed by atoms with E-state index in [-0.39, 0.29) is 30.2 Å². The second-order valence-corrected chi connectivity index (χ2v) is 4.00. The Kier molecular flexibility index (Phi) is 18.3. The van der Waals surface area contributed by atoms with Gasteiger partial charge in [0.25, 0.3) is 0 Å². The van der Waals surface area contributed by atoms with Crippen LogP contribution in [0, 0.1) is 0 Å². The predicted molar refractivity (Wildman–Crippen MR) is 75.7 cm³/mol. The molecule has 0 heterocycles. The van der Waals surface area contributed by atoms with Crippen LogP contribution in [-0.2, 0) is 19.2 Å². The highest BCUT2D eigenvalue weighted by Gasteiger charge is 2.17. The van der Waals surface area contributed by atoms with Gasteiger partial charge in [-0.3, -0.25) is 29.0 Å². The van der Waals surface area contributed by atoms with E-state index < -0.39 is 50.1 Å². The Bertz CT molecular complexity index is 321. The van der Waals surface area contributed by atoms with E-state index in [1.54, 1.807) is 0 Å². The fourth-order valence-corrected chi connectivity index (χ4v) is 1.48. The van der Waals surface area contributed by atoms with Gasteiger partial charge in [0.1, 0.15) is 0 Å². The molecular formula is C10H23N3O10. The van der Waals surface area contributed by atoms with Crippen molar-refractivity contribution < 1.29 is 50.6 Å². The molecule has 23 heavy (non-hydrogen) atoms. The van der Waals surface area contributed by atoms with Gasteiger partial charge in [-0.05, 0) is 0 Å². The molecule has 0 aliphatic rings. The highest BCUT2D eigenvalue weighted by molar-refractivity contribution is 5.73. The van der Waals surface area contributed by atoms with Crippen LogP contribution < -0.4 is 6.15 Å². The molecular weight excluding hydrogens is 322 g/mol. The van der Waals surface area contributed by atoms with Gasteiger partial charge in [-0.15, -0.1) is 0 Å². The summed E-state index contributed by atoms with van der Waals surface area (Å²) in [6.45, 7) is -2.25. The average Bonchev–Trinajstić information content (AvgIpc) is 2.22. The number of carbonyl (C=O) groups is 4. The van der Waals surface area contributed by atoms with Crippen molar-refractivity contribution in [3.8, 4) is 0 Å². The van der Waals surface area contributed by atoms with E-state index in [4.69, 9.17) is 20.4 Å². The number of carboxylic acid groups (broad SMARTS) is 4. The van der Waals surface area contributed by atoms with Crippen molar-refractivity contribution in [3.05, 3.63) is 0 Å². The second-order valence-electron chi connectivity index (χ2n) is 4.00. The zero-order valence-corrected chi connectivity index (χ0v) is 12.3. The Hall–Kier alpha value is -2.32. The van der Waals surface area contributed by atoms with Crippen LogP contribution in [0.2, 0.25) is 0 Å². The zero-order chi connectivity index (χ0) is 15.7. The molecule has 0 aromatic rings. The lowest BCUT2D eigenvalue weighted by Gasteiger charge is -2.23. The van der Waals surface area contributed by atoms with Crippen LogP contribution in [0.5, 0.6) is 0 Å². The molecule has 0 aromatic carbocycles. The standard InChI is InChI=1S/C10H16N2O8.H3N.2H2O/c13-7(14)3-11(4-8(15)16)1-2-12(5-9(17)18)6-10(19)20;;;/h1-6H2,(H,13,14)(H,15,16)(H,17,18)(H,19,20);1H3;2*1H2. The predicted octanol–water partition coefficient (Wildman–Crippen LogP) is -3.56. The topological polar surface area (TPSA) is 254 Å². The van der Waals surface area contributed by atoms with Crippen LogP contribution in [-0.4, -0.2) is 104 Å². The highest BCUT2D eigenvalue weighted by atomic mass is 16.4. The number of rotatable bonds is 11. The molecule has 0 aromatic heterocycles. The molecule has 13 heteroatoms. The van der Waals surface area contributed by atoms with Crippen LogP contribution in [0.4, 0.5) is 0 Å². The minimum Gasteiger partial charge on any atom is -0.480 e. The molecule has 0 aliphatic heterocycles. The van der Waals surface area contributed by atoms with Crippen molar-refractivity contribution in [2.45, 2.75) is 0 Å². The maximum absolute atomic E-state index is 10.6. The summed E-state index contributed by atoms with van der Waals surface area (Å²) >= 11 is 0. The maximum Gasteiger partial charge on any atom is 0.317 e. The molecule has 11 N–H and O–H groups in total. The minimum atomic E-state index is -1.23. The monoisotopic (exact) mass is 345 g/mol. The highest BCUT2D eigenvalue weighted by Crippen LogP contribution is 1.94. The molecule has 0 amide bonds. The largest absolute Gasteiger partial charge is 0.480 e. The van der Waals surface area contributed by atoms with Crippen molar-refractivity contribution in [1.82, 2.24) is 16.0 Å². The summed E-state index contributed by atoms with van der Waals surface area (Å²) in [4.78, 5) is 44.4. The van der Waals surface area contributed by atoms with Crippen molar-refractivity contribution in [2.24, 2.45) is 0 Å². The summed E-state index contributed by atoms with van der Waals surface area (Å²) in [6.07, 6.45) is 0. The van der Waals surface area contributed by atoms with Crippen molar-refractivity contribution in [3.63, 3.8) is 0 Å². The Balaban J connectivity index is -0.000000602. The third-order valence-corrected chi connectivity index (χ3v) is 2.17. The van der Waals surface area contributed by atoms with Gasteiger partial charge in [0.2, 0.25) is 0 Å². The Labute approximate surface area is 130 Å². The summed E-state index contributed by atoms with van der Waals surface area (Å²) in [6, 6.07) is 0. The number of hydrogen-bond donors (Lipinski definition) is 5. The molecule has 0 unspecified atom stereocenters. The molecule has 13 nitrogen and oxygen atoms in total. The van der Waals surface area contributed by atoms with Crippen LogP contribution in [0.25, 0.3) is 0 Å². The first-order valence-electron chi connectivity index (χ1n) is 5.52. The second kappa shape index (κ2) is 14.6. The number of nitrogens with zero attached hydrogens (tertiary/aromatic N) is 2. The molecule has 0 fully saturated rings. The third-order valence-electron chi connectivity index (χ3n) is 2.17. The molecule has 0 rings (SSSR count). The smallest absolute Gasteiger partial charge is 0.317 e. The lowest BCUT2D eigenvalue weighted by molar-refractivity contribution is -0.145. The molecule has 0 saturated carbocycles. The van der Waals surface area contributed by atoms with Crippen LogP contribution in [0.15, 0.2) is 0 Å². The Morgan fingerprint density at radius 2 is 0.739 bits per heavy atom. The minimum absolute atomic E-state index is 0. The average molecular weight is 345 g/mol. The zero-order valence-electron chi connectivity index (χ0n) is 12.3. The van der Waals surface area contributed by atoms with Crippen LogP contribution >= 0.6 is 0 Å². The fourth-order valence-electron chi connectivity index (χ4n) is 1.48. The van der Waals surface area contributed by atoms with E-state index in [9.17, 15) is 19.2 Å². The maximum atomic E-state index is 10.6. The van der Waals surface area contributed by atoms with Gasteiger partial charge in [-0.1, -0.05) is 0 Å². The lowest BCUT2D eigenvalue weighted by Crippen LogP contribution is -2.43. The molecule has 0 radical (unpaired) electrons. The quantitative estimate of drug-likeness (QED) is 0.245. The molecule has 0 bridgehead atoms. The van der Waals surface area contributed by atoms with Gasteiger partial charge >= 0.3 is 23.9 Å². The van der Waals surface area contributed by atoms with Gasteiger partial charge in [-0.2, -0.15) is 0 Å². The summed E-state index contributed by atoms with van der Waals surface area (Å²) < 4.78 is 0. The van der Waals surface area contributed by atoms with Gasteiger partial charge in [-0.25, -0.2) is 0 Å². The first-order chi connectivity index (χ1) is 9.20. The summed E-state index contributed by atoms with van der Waals surface area (Å²) in [5.74, 6) is -4.91. The van der Waals surface area contributed by atoms with E-state index in [0.29, 0.717) is 0 Å². The normalized spacial score (nSPS) is 9.30. The van der Waals surface area contributed by atoms with E-state index in [1.807, 2.05) is 0 Å². The van der Waals surface area contributed by atoms with E-state index >= 15 is 0 Å². The van der Waals surface area contributed by atoms with Crippen molar-refractivity contribution in [2.75, 3.05) is 39.3 Å². The van der Waals surface area contributed by atoms with Gasteiger partial charge in [0.15, 0.2) is 0 Å². The van der Waals surface area contributed by atoms with Crippen LogP contribution in [0.3, 0.4) is 0 Å². The summed E-state index contributed by atoms with van der Waals surface area (Å²) in [5.41, 5.74) is 0. The number of carboxylic acids is 4. The van der Waals surface area contributed by atoms with E-state index in [0.717, 1.165) is 9.80 Å². The first-order valence-corrected chi connectivity index (χ1v) is 5.52. The number of hydrogen-bond acceptors (Lipinski definition) is 7. The van der Waals surface area contributed by atoms with Gasteiger partial charge in [0.05, 0.1) is 26.2 Å². The lowest BCUT2D eigenvalue weighted by atomic mass is 10.4. The Morgan fingerprint density at radius 1 is 0.565 bits per heavy atom. The fraction of sp³-hybridized carbons (Fsp3) is 0.600. The molecule has 0 aliphatic carbocycles. The van der Waals surface area contributed by atoms with Gasteiger partial charge < -0.3 is 37.5 Å². The molecule has 0 spiro atoms. The third kappa shape index (κ3) is 17.6. The van der Waals surface area contributed by atoms with E-state index in [2.05, 4.69) is 0 Å². The Morgan fingerprint density at radius 3 is 0.870 bits per heavy atom. The SMILES string of the molecule is N.O.O.O=C(O)CN(CCN(CC(=O)O)CC(=O)O)CC(=O)O.